The van der Waals surface area contributed by atoms with Crippen molar-refractivity contribution in [2.75, 3.05) is 7.11 Å². The first kappa shape index (κ1) is 11.4. The summed E-state index contributed by atoms with van der Waals surface area (Å²) in [4.78, 5) is 16.6. The number of carbonyl (C=O) groups excluding carboxylic acids is 1. The van der Waals surface area contributed by atoms with E-state index in [0.29, 0.717) is 17.0 Å². The molecule has 3 aromatic heterocycles. The van der Waals surface area contributed by atoms with Gasteiger partial charge < -0.3 is 4.74 Å². The predicted molar refractivity (Wildman–Crippen MR) is 69.4 cm³/mol. The maximum absolute atomic E-state index is 12.5. The second-order valence-corrected chi connectivity index (χ2v) is 3.97. The van der Waals surface area contributed by atoms with E-state index < -0.39 is 0 Å². The van der Waals surface area contributed by atoms with Gasteiger partial charge in [0, 0.05) is 12.4 Å². The minimum absolute atomic E-state index is 0.196. The number of methoxy groups -OCH3 is 1. The van der Waals surface area contributed by atoms with Crippen molar-refractivity contribution in [1.29, 1.82) is 0 Å². The second-order valence-electron chi connectivity index (χ2n) is 3.97. The maximum Gasteiger partial charge on any atom is 0.218 e. The molecule has 0 atom stereocenters. The molecule has 0 aliphatic carbocycles. The molecular weight excluding hydrogens is 242 g/mol. The van der Waals surface area contributed by atoms with Crippen LogP contribution in [-0.2, 0) is 0 Å². The number of hydrogen-bond donors (Lipinski definition) is 0. The molecule has 5 nitrogen and oxygen atoms in total. The number of carbonyl (C=O) groups is 1. The number of hydrogen-bond acceptors (Lipinski definition) is 4. The highest BCUT2D eigenvalue weighted by Gasteiger charge is 2.19. The van der Waals surface area contributed by atoms with Crippen LogP contribution in [-0.4, -0.2) is 27.5 Å². The Bertz CT molecular complexity index is 749. The van der Waals surface area contributed by atoms with E-state index in [-0.39, 0.29) is 5.78 Å². The van der Waals surface area contributed by atoms with Crippen LogP contribution >= 0.6 is 0 Å². The van der Waals surface area contributed by atoms with E-state index in [4.69, 9.17) is 4.74 Å². The average molecular weight is 253 g/mol. The van der Waals surface area contributed by atoms with Crippen molar-refractivity contribution < 1.29 is 9.53 Å². The Morgan fingerprint density at radius 1 is 1.26 bits per heavy atom. The summed E-state index contributed by atoms with van der Waals surface area (Å²) in [6.45, 7) is 0. The summed E-state index contributed by atoms with van der Waals surface area (Å²) >= 11 is 0. The SMILES string of the molecule is COc1cccnc1C(=O)c1cnn2ccccc12. The third-order valence-corrected chi connectivity index (χ3v) is 2.88. The number of ketones is 1. The van der Waals surface area contributed by atoms with Gasteiger partial charge in [0.25, 0.3) is 0 Å². The van der Waals surface area contributed by atoms with Crippen LogP contribution in [0, 0.1) is 0 Å². The van der Waals surface area contributed by atoms with Crippen molar-refractivity contribution in [3.8, 4) is 5.75 Å². The Hall–Kier alpha value is -2.69. The fourth-order valence-electron chi connectivity index (χ4n) is 1.96. The van der Waals surface area contributed by atoms with Crippen LogP contribution in [0.25, 0.3) is 5.52 Å². The van der Waals surface area contributed by atoms with Gasteiger partial charge in [-0.05, 0) is 24.3 Å². The Labute approximate surface area is 109 Å². The molecule has 0 saturated carbocycles. The van der Waals surface area contributed by atoms with E-state index in [0.717, 1.165) is 5.52 Å². The molecule has 0 aromatic carbocycles. The van der Waals surface area contributed by atoms with Crippen LogP contribution in [0.15, 0.2) is 48.9 Å². The van der Waals surface area contributed by atoms with Gasteiger partial charge in [-0.2, -0.15) is 5.10 Å². The van der Waals surface area contributed by atoms with Crippen molar-refractivity contribution in [2.24, 2.45) is 0 Å². The van der Waals surface area contributed by atoms with Gasteiger partial charge >= 0.3 is 0 Å². The highest BCUT2D eigenvalue weighted by atomic mass is 16.5. The first-order valence-corrected chi connectivity index (χ1v) is 5.77. The van der Waals surface area contributed by atoms with Crippen LogP contribution in [0.5, 0.6) is 5.75 Å². The summed E-state index contributed by atoms with van der Waals surface area (Å²) in [6.07, 6.45) is 4.91. The number of ether oxygens (including phenoxy) is 1. The molecule has 0 saturated heterocycles. The number of fused-ring (bicyclic) bond motifs is 1. The summed E-state index contributed by atoms with van der Waals surface area (Å²) in [6, 6.07) is 9.01. The van der Waals surface area contributed by atoms with Gasteiger partial charge in [0.2, 0.25) is 5.78 Å². The third-order valence-electron chi connectivity index (χ3n) is 2.88. The zero-order valence-corrected chi connectivity index (χ0v) is 10.3. The second kappa shape index (κ2) is 4.53. The fourth-order valence-corrected chi connectivity index (χ4v) is 1.96. The first-order chi connectivity index (χ1) is 9.31. The van der Waals surface area contributed by atoms with E-state index in [1.165, 1.54) is 7.11 Å². The molecule has 0 amide bonds. The summed E-state index contributed by atoms with van der Waals surface area (Å²) in [7, 11) is 1.52. The number of aromatic nitrogens is 3. The van der Waals surface area contributed by atoms with Crippen molar-refractivity contribution in [1.82, 2.24) is 14.6 Å². The normalized spacial score (nSPS) is 10.6. The summed E-state index contributed by atoms with van der Waals surface area (Å²) in [5.74, 6) is 0.265. The molecule has 0 unspecified atom stereocenters. The highest BCUT2D eigenvalue weighted by molar-refractivity contribution is 6.13. The molecule has 0 aliphatic heterocycles. The average Bonchev–Trinajstić information content (AvgIpc) is 2.90. The van der Waals surface area contributed by atoms with E-state index in [2.05, 4.69) is 10.1 Å². The van der Waals surface area contributed by atoms with Gasteiger partial charge in [-0.15, -0.1) is 0 Å². The van der Waals surface area contributed by atoms with Crippen LogP contribution < -0.4 is 4.74 Å². The van der Waals surface area contributed by atoms with Crippen molar-refractivity contribution in [3.63, 3.8) is 0 Å². The molecule has 3 rings (SSSR count). The first-order valence-electron chi connectivity index (χ1n) is 5.77. The fraction of sp³-hybridized carbons (Fsp3) is 0.0714. The lowest BCUT2D eigenvalue weighted by molar-refractivity contribution is 0.103. The Kier molecular flexibility index (Phi) is 2.72. The highest BCUT2D eigenvalue weighted by Crippen LogP contribution is 2.21. The minimum Gasteiger partial charge on any atom is -0.494 e. The van der Waals surface area contributed by atoms with E-state index in [9.17, 15) is 4.79 Å². The molecule has 0 N–H and O–H groups in total. The van der Waals surface area contributed by atoms with Gasteiger partial charge in [-0.3, -0.25) is 4.79 Å². The summed E-state index contributed by atoms with van der Waals surface area (Å²) in [5, 5.41) is 4.15. The lowest BCUT2D eigenvalue weighted by Crippen LogP contribution is -2.06. The zero-order valence-electron chi connectivity index (χ0n) is 10.3. The van der Waals surface area contributed by atoms with Crippen molar-refractivity contribution >= 4 is 11.3 Å². The molecule has 94 valence electrons. The van der Waals surface area contributed by atoms with E-state index >= 15 is 0 Å². The van der Waals surface area contributed by atoms with Crippen LogP contribution in [0.1, 0.15) is 16.1 Å². The van der Waals surface area contributed by atoms with Gasteiger partial charge in [0.1, 0.15) is 5.75 Å². The minimum atomic E-state index is -0.196. The van der Waals surface area contributed by atoms with Crippen LogP contribution in [0.4, 0.5) is 0 Å². The Morgan fingerprint density at radius 2 is 2.16 bits per heavy atom. The molecule has 0 aliphatic rings. The smallest absolute Gasteiger partial charge is 0.218 e. The third kappa shape index (κ3) is 1.85. The van der Waals surface area contributed by atoms with Crippen LogP contribution in [0.3, 0.4) is 0 Å². The van der Waals surface area contributed by atoms with Crippen LogP contribution in [0.2, 0.25) is 0 Å². The van der Waals surface area contributed by atoms with Gasteiger partial charge in [0.05, 0.1) is 24.4 Å². The Balaban J connectivity index is 2.14. The van der Waals surface area contributed by atoms with Gasteiger partial charge in [0.15, 0.2) is 5.69 Å². The maximum atomic E-state index is 12.5. The lowest BCUT2D eigenvalue weighted by atomic mass is 10.1. The number of nitrogens with zero attached hydrogens (tertiary/aromatic N) is 3. The zero-order chi connectivity index (χ0) is 13.2. The Morgan fingerprint density at radius 3 is 3.00 bits per heavy atom. The molecular formula is C14H11N3O2. The lowest BCUT2D eigenvalue weighted by Gasteiger charge is -2.04. The van der Waals surface area contributed by atoms with Gasteiger partial charge in [-0.1, -0.05) is 6.07 Å². The predicted octanol–water partition coefficient (Wildman–Crippen LogP) is 1.97. The quantitative estimate of drug-likeness (QED) is 0.670. The van der Waals surface area contributed by atoms with Crippen molar-refractivity contribution in [3.05, 3.63) is 60.2 Å². The molecule has 0 fully saturated rings. The van der Waals surface area contributed by atoms with Crippen molar-refractivity contribution in [2.45, 2.75) is 0 Å². The standard InChI is InChI=1S/C14H11N3O2/c1-19-12-6-4-7-15-13(12)14(18)10-9-16-17-8-3-2-5-11(10)17/h2-9H,1H3. The molecule has 3 heterocycles. The molecule has 0 radical (unpaired) electrons. The van der Waals surface area contributed by atoms with E-state index in [1.807, 2.05) is 18.2 Å². The molecule has 0 bridgehead atoms. The molecule has 0 spiro atoms. The monoisotopic (exact) mass is 253 g/mol. The number of pyridine rings is 2. The van der Waals surface area contributed by atoms with Gasteiger partial charge in [-0.25, -0.2) is 9.50 Å². The number of rotatable bonds is 3. The topological polar surface area (TPSA) is 56.5 Å². The molecule has 19 heavy (non-hydrogen) atoms. The summed E-state index contributed by atoms with van der Waals surface area (Å²) < 4.78 is 6.82. The molecule has 3 aromatic rings. The largest absolute Gasteiger partial charge is 0.494 e. The van der Waals surface area contributed by atoms with E-state index in [1.54, 1.807) is 35.2 Å². The molecule has 5 heteroatoms. The summed E-state index contributed by atoms with van der Waals surface area (Å²) in [5.41, 5.74) is 1.56.